The number of anilines is 1. The van der Waals surface area contributed by atoms with Crippen molar-refractivity contribution in [2.45, 2.75) is 13.3 Å². The number of piperazine rings is 1. The van der Waals surface area contributed by atoms with Crippen LogP contribution in [0.25, 0.3) is 0 Å². The number of sulfonamides is 1. The van der Waals surface area contributed by atoms with E-state index in [1.807, 2.05) is 31.2 Å². The number of benzene rings is 1. The second-order valence-corrected chi connectivity index (χ2v) is 9.12. The molecule has 0 spiro atoms. The van der Waals surface area contributed by atoms with Crippen molar-refractivity contribution in [3.05, 3.63) is 29.3 Å². The van der Waals surface area contributed by atoms with Crippen molar-refractivity contribution >= 4 is 33.7 Å². The fraction of sp³-hybridized carbons (Fsp3) is 0.588. The lowest BCUT2D eigenvalue weighted by atomic mass is 10.1. The number of nitrogens with zero attached hydrogens (tertiary/aromatic N) is 3. The highest BCUT2D eigenvalue weighted by Crippen LogP contribution is 2.20. The highest BCUT2D eigenvalue weighted by atomic mass is 35.5. The van der Waals surface area contributed by atoms with Crippen molar-refractivity contribution in [2.24, 2.45) is 5.92 Å². The van der Waals surface area contributed by atoms with Crippen LogP contribution in [0.5, 0.6) is 0 Å². The van der Waals surface area contributed by atoms with Gasteiger partial charge < -0.3 is 14.9 Å². The highest BCUT2D eigenvalue weighted by molar-refractivity contribution is 7.89. The Kier molecular flexibility index (Phi) is 7.69. The van der Waals surface area contributed by atoms with E-state index in [9.17, 15) is 13.2 Å². The zero-order chi connectivity index (χ0) is 19.2. The minimum Gasteiger partial charge on any atom is -0.376 e. The van der Waals surface area contributed by atoms with Gasteiger partial charge in [0.2, 0.25) is 16.4 Å². The number of hydrogen-bond acceptors (Lipinski definition) is 5. The summed E-state index contributed by atoms with van der Waals surface area (Å²) in [5.41, 5.74) is 1.04. The van der Waals surface area contributed by atoms with Crippen LogP contribution < -0.4 is 4.90 Å². The quantitative estimate of drug-likeness (QED) is 0.495. The van der Waals surface area contributed by atoms with Gasteiger partial charge in [0.05, 0.1) is 5.75 Å². The lowest BCUT2D eigenvalue weighted by Crippen LogP contribution is -2.49. The molecule has 1 amide bonds. The Morgan fingerprint density at radius 2 is 1.85 bits per heavy atom. The minimum absolute atomic E-state index is 0.00233. The van der Waals surface area contributed by atoms with Gasteiger partial charge in [-0.15, -0.1) is 0 Å². The summed E-state index contributed by atoms with van der Waals surface area (Å²) in [6.45, 7) is 4.06. The second kappa shape index (κ2) is 9.55. The maximum Gasteiger partial charge on any atom is 0.214 e. The summed E-state index contributed by atoms with van der Waals surface area (Å²) >= 11 is 5.90. The van der Waals surface area contributed by atoms with Crippen LogP contribution in [-0.4, -0.2) is 74.3 Å². The number of halogens is 1. The molecule has 2 rings (SSSR count). The summed E-state index contributed by atoms with van der Waals surface area (Å²) in [5.74, 6) is 0.0465. The van der Waals surface area contributed by atoms with Crippen molar-refractivity contribution in [3.8, 4) is 0 Å². The Morgan fingerprint density at radius 1 is 1.23 bits per heavy atom. The first-order valence-electron chi connectivity index (χ1n) is 8.64. The average molecular weight is 404 g/mol. The number of hydrogen-bond donors (Lipinski definition) is 1. The molecule has 0 saturated carbocycles. The summed E-state index contributed by atoms with van der Waals surface area (Å²) in [5, 5.41) is 9.68. The second-order valence-electron chi connectivity index (χ2n) is 6.59. The van der Waals surface area contributed by atoms with Crippen molar-refractivity contribution in [1.29, 1.82) is 0 Å². The maximum absolute atomic E-state index is 12.6. The number of rotatable bonds is 9. The van der Waals surface area contributed by atoms with Gasteiger partial charge in [-0.25, -0.2) is 8.42 Å². The Bertz CT molecular complexity index is 676. The molecule has 1 saturated heterocycles. The maximum atomic E-state index is 12.6. The Hall–Kier alpha value is -1.35. The summed E-state index contributed by atoms with van der Waals surface area (Å²) in [6, 6.07) is 7.54. The molecule has 1 heterocycles. The van der Waals surface area contributed by atoms with Crippen LogP contribution in [0.4, 0.5) is 5.69 Å². The van der Waals surface area contributed by atoms with Crippen molar-refractivity contribution in [2.75, 3.05) is 50.1 Å². The topological polar surface area (TPSA) is 81.2 Å². The number of amides is 1. The van der Waals surface area contributed by atoms with Gasteiger partial charge in [-0.3, -0.25) is 4.79 Å². The molecule has 1 unspecified atom stereocenters. The van der Waals surface area contributed by atoms with Gasteiger partial charge in [-0.05, 0) is 36.6 Å². The van der Waals surface area contributed by atoms with Crippen molar-refractivity contribution in [1.82, 2.24) is 9.21 Å². The van der Waals surface area contributed by atoms with E-state index < -0.39 is 10.0 Å². The zero-order valence-electron chi connectivity index (χ0n) is 14.9. The first-order valence-corrected chi connectivity index (χ1v) is 10.6. The molecule has 1 aliphatic heterocycles. The first kappa shape index (κ1) is 21.0. The molecule has 1 aromatic rings. The molecule has 0 aliphatic carbocycles. The summed E-state index contributed by atoms with van der Waals surface area (Å²) in [4.78, 5) is 14.1. The third-order valence-electron chi connectivity index (χ3n) is 4.57. The fourth-order valence-electron chi connectivity index (χ4n) is 2.98. The van der Waals surface area contributed by atoms with Crippen molar-refractivity contribution in [3.63, 3.8) is 0 Å². The molecule has 146 valence electrons. The first-order chi connectivity index (χ1) is 12.4. The molecule has 1 aromatic carbocycles. The molecule has 0 bridgehead atoms. The van der Waals surface area contributed by atoms with Crippen LogP contribution in [0.15, 0.2) is 24.3 Å². The van der Waals surface area contributed by atoms with E-state index >= 15 is 0 Å². The molecule has 0 radical (unpaired) electrons. The smallest absolute Gasteiger partial charge is 0.214 e. The molecule has 1 N–H and O–H groups in total. The molecular formula is C17H26ClN3O4S. The summed E-state index contributed by atoms with van der Waals surface area (Å²) in [7, 11) is -3.32. The van der Waals surface area contributed by atoms with Crippen LogP contribution in [-0.2, 0) is 14.8 Å². The Labute approximate surface area is 160 Å². The standard InChI is InChI=1S/C17H26ClN3O4S/c1-15(12-19(13-22)14-23)6-11-26(24,25)21-9-7-20(8-10-21)17-4-2-16(18)3-5-17/h2-5,13,15,23H,6-12,14H2,1H3. The lowest BCUT2D eigenvalue weighted by Gasteiger charge is -2.35. The van der Waals surface area contributed by atoms with Crippen LogP contribution in [0.3, 0.4) is 0 Å². The van der Waals surface area contributed by atoms with E-state index in [1.165, 1.54) is 9.21 Å². The number of aliphatic hydroxyl groups is 1. The van der Waals surface area contributed by atoms with E-state index in [0.717, 1.165) is 5.69 Å². The lowest BCUT2D eigenvalue weighted by molar-refractivity contribution is -0.122. The van der Waals surface area contributed by atoms with Gasteiger partial charge in [-0.1, -0.05) is 18.5 Å². The van der Waals surface area contributed by atoms with Crippen LogP contribution in [0.1, 0.15) is 13.3 Å². The van der Waals surface area contributed by atoms with Gasteiger partial charge in [-0.2, -0.15) is 4.31 Å². The third kappa shape index (κ3) is 5.84. The molecule has 7 nitrogen and oxygen atoms in total. The normalized spacial score (nSPS) is 17.1. The fourth-order valence-corrected chi connectivity index (χ4v) is 4.79. The molecule has 1 aliphatic rings. The molecule has 1 fully saturated rings. The highest BCUT2D eigenvalue weighted by Gasteiger charge is 2.27. The minimum atomic E-state index is -3.32. The third-order valence-corrected chi connectivity index (χ3v) is 6.72. The van der Waals surface area contributed by atoms with Crippen molar-refractivity contribution < 1.29 is 18.3 Å². The van der Waals surface area contributed by atoms with Crippen LogP contribution >= 0.6 is 11.6 Å². The Morgan fingerprint density at radius 3 is 2.38 bits per heavy atom. The summed E-state index contributed by atoms with van der Waals surface area (Å²) < 4.78 is 26.7. The van der Waals surface area contributed by atoms with E-state index in [2.05, 4.69) is 4.90 Å². The zero-order valence-corrected chi connectivity index (χ0v) is 16.5. The largest absolute Gasteiger partial charge is 0.376 e. The van der Waals surface area contributed by atoms with E-state index in [4.69, 9.17) is 16.7 Å². The molecule has 26 heavy (non-hydrogen) atoms. The van der Waals surface area contributed by atoms with Gasteiger partial charge in [0, 0.05) is 43.4 Å². The summed E-state index contributed by atoms with van der Waals surface area (Å²) in [6.07, 6.45) is 1.02. The van der Waals surface area contributed by atoms with Gasteiger partial charge in [0.25, 0.3) is 0 Å². The Balaban J connectivity index is 1.83. The predicted molar refractivity (Wildman–Crippen MR) is 103 cm³/mol. The number of aliphatic hydroxyl groups excluding tert-OH is 1. The van der Waals surface area contributed by atoms with Crippen LogP contribution in [0.2, 0.25) is 5.02 Å². The molecule has 9 heteroatoms. The molecule has 1 atom stereocenters. The molecule has 0 aromatic heterocycles. The van der Waals surface area contributed by atoms with E-state index in [-0.39, 0.29) is 18.4 Å². The molecular weight excluding hydrogens is 378 g/mol. The monoisotopic (exact) mass is 403 g/mol. The van der Waals surface area contributed by atoms with Crippen LogP contribution in [0, 0.1) is 5.92 Å². The number of carbonyl (C=O) groups is 1. The SMILES string of the molecule is CC(CCS(=O)(=O)N1CCN(c2ccc(Cl)cc2)CC1)CN(C=O)CO. The van der Waals surface area contributed by atoms with Gasteiger partial charge >= 0.3 is 0 Å². The van der Waals surface area contributed by atoms with Gasteiger partial charge in [0.1, 0.15) is 6.73 Å². The average Bonchev–Trinajstić information content (AvgIpc) is 2.65. The van der Waals surface area contributed by atoms with E-state index in [1.54, 1.807) is 0 Å². The van der Waals surface area contributed by atoms with E-state index in [0.29, 0.717) is 50.6 Å². The number of carbonyl (C=O) groups excluding carboxylic acids is 1. The van der Waals surface area contributed by atoms with Gasteiger partial charge in [0.15, 0.2) is 0 Å². The predicted octanol–water partition coefficient (Wildman–Crippen LogP) is 1.23.